The van der Waals surface area contributed by atoms with Gasteiger partial charge in [-0.15, -0.1) is 0 Å². The highest BCUT2D eigenvalue weighted by Crippen LogP contribution is 2.20. The van der Waals surface area contributed by atoms with E-state index < -0.39 is 0 Å². The van der Waals surface area contributed by atoms with Gasteiger partial charge in [-0.25, -0.2) is 0 Å². The number of carbonyl (C=O) groups excluding carboxylic acids is 1. The molecule has 0 fully saturated rings. The molecular formula is C20H18ClNO3. The maximum Gasteiger partial charge on any atom is 0.291 e. The second kappa shape index (κ2) is 7.45. The van der Waals surface area contributed by atoms with E-state index in [1.807, 2.05) is 32.0 Å². The van der Waals surface area contributed by atoms with E-state index in [1.165, 1.54) is 0 Å². The number of halogens is 1. The zero-order valence-electron chi connectivity index (χ0n) is 14.0. The van der Waals surface area contributed by atoms with E-state index in [0.717, 1.165) is 16.8 Å². The van der Waals surface area contributed by atoms with Crippen LogP contribution in [0.25, 0.3) is 0 Å². The molecule has 0 saturated carbocycles. The van der Waals surface area contributed by atoms with Crippen molar-refractivity contribution < 1.29 is 13.9 Å². The molecule has 25 heavy (non-hydrogen) atoms. The smallest absolute Gasteiger partial charge is 0.291 e. The molecule has 0 aliphatic carbocycles. The molecule has 1 amide bonds. The average Bonchev–Trinajstić information content (AvgIpc) is 3.06. The number of hydrogen-bond donors (Lipinski definition) is 1. The van der Waals surface area contributed by atoms with Crippen molar-refractivity contribution in [2.45, 2.75) is 20.5 Å². The summed E-state index contributed by atoms with van der Waals surface area (Å²) in [6.45, 7) is 4.20. The molecule has 4 nitrogen and oxygen atoms in total. The lowest BCUT2D eigenvalue weighted by Gasteiger charge is -2.08. The predicted molar refractivity (Wildman–Crippen MR) is 98.4 cm³/mol. The Morgan fingerprint density at radius 2 is 1.84 bits per heavy atom. The second-order valence-electron chi connectivity index (χ2n) is 5.78. The van der Waals surface area contributed by atoms with E-state index >= 15 is 0 Å². The third-order valence-corrected chi connectivity index (χ3v) is 3.96. The number of rotatable bonds is 5. The Morgan fingerprint density at radius 3 is 2.56 bits per heavy atom. The van der Waals surface area contributed by atoms with Gasteiger partial charge in [-0.05, 0) is 61.9 Å². The first-order valence-corrected chi connectivity index (χ1v) is 8.25. The first-order chi connectivity index (χ1) is 12.0. The quantitative estimate of drug-likeness (QED) is 0.668. The fourth-order valence-electron chi connectivity index (χ4n) is 2.40. The van der Waals surface area contributed by atoms with Gasteiger partial charge in [0.2, 0.25) is 0 Å². The first kappa shape index (κ1) is 17.1. The van der Waals surface area contributed by atoms with Crippen molar-refractivity contribution >= 4 is 23.2 Å². The summed E-state index contributed by atoms with van der Waals surface area (Å²) >= 11 is 5.83. The van der Waals surface area contributed by atoms with Gasteiger partial charge in [-0.1, -0.05) is 29.3 Å². The second-order valence-corrected chi connectivity index (χ2v) is 6.22. The van der Waals surface area contributed by atoms with Crippen molar-refractivity contribution in [3.05, 3.63) is 82.3 Å². The highest BCUT2D eigenvalue weighted by Gasteiger charge is 2.13. The number of amides is 1. The number of nitrogens with one attached hydrogen (secondary N) is 1. The number of aryl methyl sites for hydroxylation is 2. The fraction of sp³-hybridized carbons (Fsp3) is 0.150. The average molecular weight is 356 g/mol. The van der Waals surface area contributed by atoms with Crippen molar-refractivity contribution in [3.63, 3.8) is 0 Å². The molecule has 0 aliphatic rings. The molecule has 128 valence electrons. The third-order valence-electron chi connectivity index (χ3n) is 3.71. The van der Waals surface area contributed by atoms with Gasteiger partial charge in [0.1, 0.15) is 18.1 Å². The molecule has 1 aromatic heterocycles. The molecular weight excluding hydrogens is 338 g/mol. The largest absolute Gasteiger partial charge is 0.486 e. The lowest BCUT2D eigenvalue weighted by molar-refractivity contribution is 0.0992. The molecule has 3 rings (SSSR count). The Hall–Kier alpha value is -2.72. The van der Waals surface area contributed by atoms with Crippen LogP contribution in [-0.2, 0) is 6.61 Å². The van der Waals surface area contributed by atoms with Crippen LogP contribution in [0.3, 0.4) is 0 Å². The van der Waals surface area contributed by atoms with E-state index in [4.69, 9.17) is 20.8 Å². The standard InChI is InChI=1S/C20H18ClNO3/c1-13-3-9-18(14(2)11-13)22-20(23)19-10-8-17(25-19)12-24-16-6-4-15(21)5-7-16/h3-11H,12H2,1-2H3,(H,22,23). The molecule has 0 unspecified atom stereocenters. The summed E-state index contributed by atoms with van der Waals surface area (Å²) in [7, 11) is 0. The molecule has 0 radical (unpaired) electrons. The van der Waals surface area contributed by atoms with Crippen molar-refractivity contribution in [3.8, 4) is 5.75 Å². The van der Waals surface area contributed by atoms with Crippen LogP contribution in [0.1, 0.15) is 27.4 Å². The van der Waals surface area contributed by atoms with E-state index in [0.29, 0.717) is 16.5 Å². The van der Waals surface area contributed by atoms with Gasteiger partial charge in [0, 0.05) is 10.7 Å². The number of anilines is 1. The molecule has 2 aromatic carbocycles. The van der Waals surface area contributed by atoms with E-state index in [-0.39, 0.29) is 18.3 Å². The SMILES string of the molecule is Cc1ccc(NC(=O)c2ccc(COc3ccc(Cl)cc3)o2)c(C)c1. The van der Waals surface area contributed by atoms with Crippen LogP contribution in [0.15, 0.2) is 59.0 Å². The number of carbonyl (C=O) groups is 1. The van der Waals surface area contributed by atoms with Crippen LogP contribution in [-0.4, -0.2) is 5.91 Å². The molecule has 0 saturated heterocycles. The summed E-state index contributed by atoms with van der Waals surface area (Å²) in [6.07, 6.45) is 0. The summed E-state index contributed by atoms with van der Waals surface area (Å²) < 4.78 is 11.2. The maximum absolute atomic E-state index is 12.3. The van der Waals surface area contributed by atoms with Gasteiger partial charge in [-0.2, -0.15) is 0 Å². The van der Waals surface area contributed by atoms with Crippen LogP contribution in [0.4, 0.5) is 5.69 Å². The highest BCUT2D eigenvalue weighted by molar-refractivity contribution is 6.30. The summed E-state index contributed by atoms with van der Waals surface area (Å²) in [5.41, 5.74) is 2.92. The van der Waals surface area contributed by atoms with Gasteiger partial charge in [0.15, 0.2) is 5.76 Å². The molecule has 1 heterocycles. The molecule has 0 bridgehead atoms. The number of furan rings is 1. The Balaban J connectivity index is 1.62. The first-order valence-electron chi connectivity index (χ1n) is 7.87. The predicted octanol–water partition coefficient (Wildman–Crippen LogP) is 5.38. The number of benzene rings is 2. The molecule has 5 heteroatoms. The normalized spacial score (nSPS) is 10.5. The monoisotopic (exact) mass is 355 g/mol. The van der Waals surface area contributed by atoms with E-state index in [2.05, 4.69) is 5.32 Å². The zero-order valence-corrected chi connectivity index (χ0v) is 14.8. The summed E-state index contributed by atoms with van der Waals surface area (Å²) in [6, 6.07) is 16.3. The molecule has 0 aliphatic heterocycles. The van der Waals surface area contributed by atoms with Gasteiger partial charge >= 0.3 is 0 Å². The third kappa shape index (κ3) is 4.43. The number of hydrogen-bond acceptors (Lipinski definition) is 3. The molecule has 0 spiro atoms. The van der Waals surface area contributed by atoms with Crippen molar-refractivity contribution in [1.29, 1.82) is 0 Å². The van der Waals surface area contributed by atoms with Crippen molar-refractivity contribution in [2.24, 2.45) is 0 Å². The lowest BCUT2D eigenvalue weighted by Crippen LogP contribution is -2.11. The summed E-state index contributed by atoms with van der Waals surface area (Å²) in [4.78, 5) is 12.3. The Bertz CT molecular complexity index is 884. The minimum absolute atomic E-state index is 0.235. The number of ether oxygens (including phenoxy) is 1. The molecule has 3 aromatic rings. The van der Waals surface area contributed by atoms with Crippen LogP contribution >= 0.6 is 11.6 Å². The minimum atomic E-state index is -0.287. The zero-order chi connectivity index (χ0) is 17.8. The Morgan fingerprint density at radius 1 is 1.08 bits per heavy atom. The van der Waals surface area contributed by atoms with Crippen molar-refractivity contribution in [2.75, 3.05) is 5.32 Å². The van der Waals surface area contributed by atoms with Crippen LogP contribution in [0.2, 0.25) is 5.02 Å². The van der Waals surface area contributed by atoms with Crippen LogP contribution in [0, 0.1) is 13.8 Å². The summed E-state index contributed by atoms with van der Waals surface area (Å²) in [5, 5.41) is 3.51. The van der Waals surface area contributed by atoms with Gasteiger partial charge in [0.05, 0.1) is 0 Å². The van der Waals surface area contributed by atoms with Gasteiger partial charge in [0.25, 0.3) is 5.91 Å². The van der Waals surface area contributed by atoms with Gasteiger partial charge in [-0.3, -0.25) is 4.79 Å². The topological polar surface area (TPSA) is 51.5 Å². The summed E-state index contributed by atoms with van der Waals surface area (Å²) in [5.74, 6) is 1.21. The van der Waals surface area contributed by atoms with E-state index in [1.54, 1.807) is 36.4 Å². The Kier molecular flexibility index (Phi) is 5.10. The molecule has 0 atom stereocenters. The van der Waals surface area contributed by atoms with E-state index in [9.17, 15) is 4.79 Å². The fourth-order valence-corrected chi connectivity index (χ4v) is 2.53. The van der Waals surface area contributed by atoms with Gasteiger partial charge < -0.3 is 14.5 Å². The van der Waals surface area contributed by atoms with Crippen molar-refractivity contribution in [1.82, 2.24) is 0 Å². The van der Waals surface area contributed by atoms with Crippen LogP contribution < -0.4 is 10.1 Å². The Labute approximate surface area is 151 Å². The van der Waals surface area contributed by atoms with Crippen LogP contribution in [0.5, 0.6) is 5.75 Å². The molecule has 1 N–H and O–H groups in total. The lowest BCUT2D eigenvalue weighted by atomic mass is 10.1. The highest BCUT2D eigenvalue weighted by atomic mass is 35.5. The maximum atomic E-state index is 12.3. The minimum Gasteiger partial charge on any atom is -0.486 e.